The summed E-state index contributed by atoms with van der Waals surface area (Å²) in [5.74, 6) is 0.611. The number of carbonyl (C=O) groups excluding carboxylic acids is 1. The number of benzene rings is 2. The molecule has 0 aliphatic heterocycles. The minimum atomic E-state index is -0.299. The molecule has 1 aromatic heterocycles. The van der Waals surface area contributed by atoms with E-state index in [9.17, 15) is 4.79 Å². The zero-order chi connectivity index (χ0) is 19.1. The summed E-state index contributed by atoms with van der Waals surface area (Å²) in [6, 6.07) is 17.4. The highest BCUT2D eigenvalue weighted by Gasteiger charge is 2.15. The topological polar surface area (TPSA) is 74.2 Å². The van der Waals surface area contributed by atoms with E-state index in [2.05, 4.69) is 15.2 Å². The Hall–Kier alpha value is -2.93. The van der Waals surface area contributed by atoms with Gasteiger partial charge in [-0.05, 0) is 31.2 Å². The van der Waals surface area contributed by atoms with Crippen LogP contribution < -0.4 is 4.74 Å². The molecule has 0 aliphatic carbocycles. The molecule has 0 atom stereocenters. The van der Waals surface area contributed by atoms with Crippen LogP contribution in [0.15, 0.2) is 59.8 Å². The number of esters is 1. The fourth-order valence-corrected chi connectivity index (χ4v) is 3.02. The van der Waals surface area contributed by atoms with Gasteiger partial charge in [-0.25, -0.2) is 4.98 Å². The molecule has 0 bridgehead atoms. The summed E-state index contributed by atoms with van der Waals surface area (Å²) < 4.78 is 10.2. The molecule has 0 saturated carbocycles. The average Bonchev–Trinajstić information content (AvgIpc) is 2.73. The molecule has 3 aromatic rings. The first-order chi connectivity index (χ1) is 13.2. The van der Waals surface area contributed by atoms with Gasteiger partial charge in [0.05, 0.1) is 19.5 Å². The summed E-state index contributed by atoms with van der Waals surface area (Å²) in [6.07, 6.45) is 0. The van der Waals surface area contributed by atoms with E-state index in [1.54, 1.807) is 14.0 Å². The number of aromatic nitrogens is 3. The van der Waals surface area contributed by atoms with Gasteiger partial charge >= 0.3 is 5.97 Å². The molecule has 0 spiro atoms. The minimum absolute atomic E-state index is 0.144. The highest BCUT2D eigenvalue weighted by molar-refractivity contribution is 7.99. The predicted molar refractivity (Wildman–Crippen MR) is 105 cm³/mol. The maximum atomic E-state index is 11.6. The van der Waals surface area contributed by atoms with E-state index in [0.29, 0.717) is 23.2 Å². The van der Waals surface area contributed by atoms with Crippen molar-refractivity contribution in [1.29, 1.82) is 0 Å². The number of carbonyl (C=O) groups is 1. The summed E-state index contributed by atoms with van der Waals surface area (Å²) in [4.78, 5) is 16.2. The Labute approximate surface area is 162 Å². The van der Waals surface area contributed by atoms with Crippen LogP contribution in [-0.4, -0.2) is 40.6 Å². The molecule has 2 aromatic carbocycles. The third-order valence-electron chi connectivity index (χ3n) is 3.70. The van der Waals surface area contributed by atoms with Crippen LogP contribution in [0.2, 0.25) is 0 Å². The Balaban J connectivity index is 1.96. The minimum Gasteiger partial charge on any atom is -0.497 e. The summed E-state index contributed by atoms with van der Waals surface area (Å²) in [6.45, 7) is 2.13. The van der Waals surface area contributed by atoms with E-state index in [0.717, 1.165) is 16.9 Å². The number of thioether (sulfide) groups is 1. The van der Waals surface area contributed by atoms with Crippen LogP contribution in [0.4, 0.5) is 0 Å². The zero-order valence-corrected chi connectivity index (χ0v) is 15.9. The van der Waals surface area contributed by atoms with Gasteiger partial charge in [-0.2, -0.15) is 0 Å². The lowest BCUT2D eigenvalue weighted by molar-refractivity contribution is -0.139. The Kier molecular flexibility index (Phi) is 6.38. The van der Waals surface area contributed by atoms with Gasteiger partial charge in [-0.3, -0.25) is 4.79 Å². The van der Waals surface area contributed by atoms with Gasteiger partial charge in [-0.1, -0.05) is 42.1 Å². The average molecular weight is 381 g/mol. The van der Waals surface area contributed by atoms with Crippen LogP contribution in [0.3, 0.4) is 0 Å². The van der Waals surface area contributed by atoms with Crippen molar-refractivity contribution in [1.82, 2.24) is 15.2 Å². The van der Waals surface area contributed by atoms with Crippen LogP contribution in [0.5, 0.6) is 5.75 Å². The number of methoxy groups -OCH3 is 1. The standard InChI is InChI=1S/C20H19N3O3S/c1-3-26-17(24)13-27-20-21-18(14-7-5-4-6-8-14)19(22-23-20)15-9-11-16(25-2)12-10-15/h4-12H,3,13H2,1-2H3. The van der Waals surface area contributed by atoms with Gasteiger partial charge in [0.15, 0.2) is 0 Å². The molecule has 0 amide bonds. The van der Waals surface area contributed by atoms with Crippen molar-refractivity contribution in [2.75, 3.05) is 19.5 Å². The number of rotatable bonds is 7. The number of nitrogens with zero attached hydrogens (tertiary/aromatic N) is 3. The third kappa shape index (κ3) is 4.83. The SMILES string of the molecule is CCOC(=O)CSc1nnc(-c2ccc(OC)cc2)c(-c2ccccc2)n1. The first-order valence-electron chi connectivity index (χ1n) is 8.44. The molecule has 1 heterocycles. The van der Waals surface area contributed by atoms with E-state index in [-0.39, 0.29) is 11.7 Å². The van der Waals surface area contributed by atoms with Crippen LogP contribution in [0.1, 0.15) is 6.92 Å². The first-order valence-corrected chi connectivity index (χ1v) is 9.42. The van der Waals surface area contributed by atoms with Crippen molar-refractivity contribution in [2.24, 2.45) is 0 Å². The summed E-state index contributed by atoms with van der Waals surface area (Å²) >= 11 is 1.21. The van der Waals surface area contributed by atoms with E-state index >= 15 is 0 Å². The maximum Gasteiger partial charge on any atom is 0.316 e. The molecule has 27 heavy (non-hydrogen) atoms. The van der Waals surface area contributed by atoms with E-state index in [4.69, 9.17) is 9.47 Å². The lowest BCUT2D eigenvalue weighted by atomic mass is 10.0. The van der Waals surface area contributed by atoms with Crippen molar-refractivity contribution in [2.45, 2.75) is 12.1 Å². The Morgan fingerprint density at radius 3 is 2.33 bits per heavy atom. The summed E-state index contributed by atoms with van der Waals surface area (Å²) in [5, 5.41) is 8.99. The van der Waals surface area contributed by atoms with Crippen molar-refractivity contribution < 1.29 is 14.3 Å². The monoisotopic (exact) mass is 381 g/mol. The van der Waals surface area contributed by atoms with Gasteiger partial charge in [0.25, 0.3) is 0 Å². The number of hydrogen-bond acceptors (Lipinski definition) is 7. The second kappa shape index (κ2) is 9.14. The number of ether oxygens (including phenoxy) is 2. The van der Waals surface area contributed by atoms with E-state index < -0.39 is 0 Å². The fraction of sp³-hybridized carbons (Fsp3) is 0.200. The molecule has 0 unspecified atom stereocenters. The van der Waals surface area contributed by atoms with Crippen molar-refractivity contribution in [3.05, 3.63) is 54.6 Å². The van der Waals surface area contributed by atoms with Crippen molar-refractivity contribution in [3.63, 3.8) is 0 Å². The molecule has 0 aliphatic rings. The summed E-state index contributed by atoms with van der Waals surface area (Å²) in [5.41, 5.74) is 3.19. The summed E-state index contributed by atoms with van der Waals surface area (Å²) in [7, 11) is 1.63. The van der Waals surface area contributed by atoms with Crippen LogP contribution in [0.25, 0.3) is 22.5 Å². The third-order valence-corrected chi connectivity index (χ3v) is 4.51. The van der Waals surface area contributed by atoms with Crippen molar-refractivity contribution >= 4 is 17.7 Å². The first kappa shape index (κ1) is 18.8. The molecule has 6 nitrogen and oxygen atoms in total. The molecule has 0 saturated heterocycles. The molecule has 0 N–H and O–H groups in total. The smallest absolute Gasteiger partial charge is 0.316 e. The lowest BCUT2D eigenvalue weighted by Gasteiger charge is -2.10. The van der Waals surface area contributed by atoms with Gasteiger partial charge < -0.3 is 9.47 Å². The largest absolute Gasteiger partial charge is 0.497 e. The van der Waals surface area contributed by atoms with Gasteiger partial charge in [0.1, 0.15) is 17.1 Å². The number of hydrogen-bond donors (Lipinski definition) is 0. The van der Waals surface area contributed by atoms with Gasteiger partial charge in [-0.15, -0.1) is 10.2 Å². The maximum absolute atomic E-state index is 11.6. The normalized spacial score (nSPS) is 10.4. The molecular weight excluding hydrogens is 362 g/mol. The molecule has 0 radical (unpaired) electrons. The highest BCUT2D eigenvalue weighted by atomic mass is 32.2. The molecule has 3 rings (SSSR count). The quantitative estimate of drug-likeness (QED) is 0.454. The Morgan fingerprint density at radius 2 is 1.67 bits per heavy atom. The van der Waals surface area contributed by atoms with Crippen LogP contribution >= 0.6 is 11.8 Å². The molecule has 0 fully saturated rings. The predicted octanol–water partition coefficient (Wildman–Crippen LogP) is 3.87. The van der Waals surface area contributed by atoms with Gasteiger partial charge in [0, 0.05) is 11.1 Å². The van der Waals surface area contributed by atoms with E-state index in [1.165, 1.54) is 11.8 Å². The van der Waals surface area contributed by atoms with Gasteiger partial charge in [0.2, 0.25) is 5.16 Å². The zero-order valence-electron chi connectivity index (χ0n) is 15.1. The second-order valence-electron chi connectivity index (χ2n) is 5.48. The Morgan fingerprint density at radius 1 is 0.963 bits per heavy atom. The molecule has 7 heteroatoms. The molecule has 138 valence electrons. The van der Waals surface area contributed by atoms with Crippen LogP contribution in [0, 0.1) is 0 Å². The van der Waals surface area contributed by atoms with E-state index in [1.807, 2.05) is 54.6 Å². The lowest BCUT2D eigenvalue weighted by Crippen LogP contribution is -2.08. The van der Waals surface area contributed by atoms with Crippen LogP contribution in [-0.2, 0) is 9.53 Å². The highest BCUT2D eigenvalue weighted by Crippen LogP contribution is 2.30. The second-order valence-corrected chi connectivity index (χ2v) is 6.42. The Bertz CT molecular complexity index is 902. The fourth-order valence-electron chi connectivity index (χ4n) is 2.44. The molecular formula is C20H19N3O3S. The van der Waals surface area contributed by atoms with Crippen molar-refractivity contribution in [3.8, 4) is 28.3 Å².